The van der Waals surface area contributed by atoms with E-state index in [1.165, 1.54) is 11.1 Å². The van der Waals surface area contributed by atoms with Gasteiger partial charge in [0.05, 0.1) is 6.61 Å². The minimum atomic E-state index is 0.100. The smallest absolute Gasteiger partial charge is 0.129 e. The summed E-state index contributed by atoms with van der Waals surface area (Å²) in [5.41, 5.74) is 3.40. The summed E-state index contributed by atoms with van der Waals surface area (Å²) in [5, 5.41) is 9.50. The lowest BCUT2D eigenvalue weighted by Gasteiger charge is -2.03. The summed E-state index contributed by atoms with van der Waals surface area (Å²) in [6, 6.07) is 11.9. The molecular weight excluding hydrogens is 266 g/mol. The molecule has 0 saturated carbocycles. The van der Waals surface area contributed by atoms with Crippen LogP contribution in [0.2, 0.25) is 5.15 Å². The Balaban J connectivity index is 1.84. The van der Waals surface area contributed by atoms with Crippen molar-refractivity contribution in [1.82, 2.24) is 4.98 Å². The van der Waals surface area contributed by atoms with E-state index in [9.17, 15) is 0 Å². The molecule has 1 N–H and O–H groups in total. The van der Waals surface area contributed by atoms with Crippen molar-refractivity contribution in [3.05, 3.63) is 64.4 Å². The Morgan fingerprint density at radius 1 is 1.00 bits per heavy atom. The molecule has 1 aromatic carbocycles. The van der Waals surface area contributed by atoms with Gasteiger partial charge in [0.1, 0.15) is 5.15 Å². The summed E-state index contributed by atoms with van der Waals surface area (Å²) >= 11 is 7.66. The van der Waals surface area contributed by atoms with Crippen molar-refractivity contribution in [2.45, 2.75) is 18.1 Å². The van der Waals surface area contributed by atoms with Crippen molar-refractivity contribution in [1.29, 1.82) is 0 Å². The van der Waals surface area contributed by atoms with E-state index in [1.54, 1.807) is 6.20 Å². The lowest BCUT2D eigenvalue weighted by molar-refractivity contribution is 0.282. The number of hydrogen-bond donors (Lipinski definition) is 1. The van der Waals surface area contributed by atoms with Crippen molar-refractivity contribution >= 4 is 23.4 Å². The summed E-state index contributed by atoms with van der Waals surface area (Å²) in [6.07, 6.45) is 1.73. The van der Waals surface area contributed by atoms with Crippen LogP contribution in [0.5, 0.6) is 0 Å². The molecule has 1 aromatic heterocycles. The second-order valence-corrected chi connectivity index (χ2v) is 5.33. The molecule has 0 radical (unpaired) electrons. The molecule has 0 bridgehead atoms. The third-order valence-electron chi connectivity index (χ3n) is 2.53. The van der Waals surface area contributed by atoms with Crippen LogP contribution in [0.15, 0.2) is 42.6 Å². The van der Waals surface area contributed by atoms with Gasteiger partial charge in [-0.15, -0.1) is 0 Å². The minimum absolute atomic E-state index is 0.100. The van der Waals surface area contributed by atoms with Gasteiger partial charge < -0.3 is 5.11 Å². The standard InChI is InChI=1S/C14H14ClNOS/c15-14-7-13(5-6-16-14)10-18-9-12-3-1-11(8-17)2-4-12/h1-7,17H,8-10H2. The Morgan fingerprint density at radius 3 is 2.33 bits per heavy atom. The van der Waals surface area contributed by atoms with Crippen LogP contribution >= 0.6 is 23.4 Å². The van der Waals surface area contributed by atoms with Crippen LogP contribution < -0.4 is 0 Å². The van der Waals surface area contributed by atoms with Crippen molar-refractivity contribution in [3.8, 4) is 0 Å². The average molecular weight is 280 g/mol. The molecule has 2 aromatic rings. The molecule has 0 spiro atoms. The Hall–Kier alpha value is -1.03. The van der Waals surface area contributed by atoms with Crippen LogP contribution in [0, 0.1) is 0 Å². The van der Waals surface area contributed by atoms with Crippen molar-refractivity contribution in [3.63, 3.8) is 0 Å². The van der Waals surface area contributed by atoms with E-state index in [2.05, 4.69) is 17.1 Å². The first-order valence-corrected chi connectivity index (χ1v) is 7.18. The average Bonchev–Trinajstić information content (AvgIpc) is 2.40. The number of benzene rings is 1. The van der Waals surface area contributed by atoms with Gasteiger partial charge in [0.2, 0.25) is 0 Å². The highest BCUT2D eigenvalue weighted by Crippen LogP contribution is 2.19. The maximum Gasteiger partial charge on any atom is 0.129 e. The van der Waals surface area contributed by atoms with Crippen LogP contribution in [-0.4, -0.2) is 10.1 Å². The van der Waals surface area contributed by atoms with E-state index in [-0.39, 0.29) is 6.61 Å². The molecule has 2 nitrogen and oxygen atoms in total. The number of aromatic nitrogens is 1. The van der Waals surface area contributed by atoms with Crippen LogP contribution in [0.25, 0.3) is 0 Å². The van der Waals surface area contributed by atoms with E-state index in [1.807, 2.05) is 36.0 Å². The molecule has 18 heavy (non-hydrogen) atoms. The molecule has 0 aliphatic heterocycles. The van der Waals surface area contributed by atoms with Gasteiger partial charge in [0.25, 0.3) is 0 Å². The zero-order chi connectivity index (χ0) is 12.8. The van der Waals surface area contributed by atoms with Gasteiger partial charge in [0.15, 0.2) is 0 Å². The minimum Gasteiger partial charge on any atom is -0.392 e. The zero-order valence-electron chi connectivity index (χ0n) is 9.84. The first kappa shape index (κ1) is 13.4. The number of nitrogens with zero attached hydrogens (tertiary/aromatic N) is 1. The van der Waals surface area contributed by atoms with Crippen LogP contribution in [0.1, 0.15) is 16.7 Å². The van der Waals surface area contributed by atoms with Crippen molar-refractivity contribution in [2.24, 2.45) is 0 Å². The van der Waals surface area contributed by atoms with E-state index in [0.717, 1.165) is 17.1 Å². The third kappa shape index (κ3) is 4.02. The summed E-state index contributed by atoms with van der Waals surface area (Å²) in [4.78, 5) is 3.96. The Labute approximate surface area is 116 Å². The van der Waals surface area contributed by atoms with Gasteiger partial charge in [0, 0.05) is 17.7 Å². The summed E-state index contributed by atoms with van der Waals surface area (Å²) in [7, 11) is 0. The largest absolute Gasteiger partial charge is 0.392 e. The first-order valence-electron chi connectivity index (χ1n) is 5.65. The summed E-state index contributed by atoms with van der Waals surface area (Å²) in [5.74, 6) is 1.87. The lowest BCUT2D eigenvalue weighted by atomic mass is 10.2. The highest BCUT2D eigenvalue weighted by atomic mass is 35.5. The number of halogens is 1. The highest BCUT2D eigenvalue weighted by molar-refractivity contribution is 7.97. The summed E-state index contributed by atoms with van der Waals surface area (Å²) in [6.45, 7) is 0.100. The molecule has 0 fully saturated rings. The summed E-state index contributed by atoms with van der Waals surface area (Å²) < 4.78 is 0. The second kappa shape index (κ2) is 6.78. The predicted octanol–water partition coefficient (Wildman–Crippen LogP) is 3.66. The number of rotatable bonds is 5. The van der Waals surface area contributed by atoms with E-state index in [4.69, 9.17) is 16.7 Å². The van der Waals surface area contributed by atoms with Gasteiger partial charge >= 0.3 is 0 Å². The van der Waals surface area contributed by atoms with Crippen molar-refractivity contribution in [2.75, 3.05) is 0 Å². The predicted molar refractivity (Wildman–Crippen MR) is 76.6 cm³/mol. The Morgan fingerprint density at radius 2 is 1.67 bits per heavy atom. The molecule has 0 atom stereocenters. The topological polar surface area (TPSA) is 33.1 Å². The van der Waals surface area contributed by atoms with Crippen LogP contribution in [-0.2, 0) is 18.1 Å². The SMILES string of the molecule is OCc1ccc(CSCc2ccnc(Cl)c2)cc1. The van der Waals surface area contributed by atoms with E-state index < -0.39 is 0 Å². The normalized spacial score (nSPS) is 10.6. The molecule has 0 amide bonds. The Bertz CT molecular complexity index is 501. The fourth-order valence-corrected chi connectivity index (χ4v) is 2.70. The molecule has 0 aliphatic carbocycles. The number of hydrogen-bond acceptors (Lipinski definition) is 3. The van der Waals surface area contributed by atoms with E-state index >= 15 is 0 Å². The van der Waals surface area contributed by atoms with Gasteiger partial charge in [-0.25, -0.2) is 4.98 Å². The quantitative estimate of drug-likeness (QED) is 0.848. The van der Waals surface area contributed by atoms with Crippen LogP contribution in [0.4, 0.5) is 0 Å². The number of pyridine rings is 1. The molecule has 0 saturated heterocycles. The first-order chi connectivity index (χ1) is 8.78. The lowest BCUT2D eigenvalue weighted by Crippen LogP contribution is -1.87. The third-order valence-corrected chi connectivity index (χ3v) is 3.82. The maximum atomic E-state index is 8.96. The fourth-order valence-electron chi connectivity index (χ4n) is 1.56. The van der Waals surface area contributed by atoms with Crippen LogP contribution in [0.3, 0.4) is 0 Å². The highest BCUT2D eigenvalue weighted by Gasteiger charge is 1.98. The van der Waals surface area contributed by atoms with Crippen molar-refractivity contribution < 1.29 is 5.11 Å². The number of aliphatic hydroxyl groups excluding tert-OH is 1. The number of thioether (sulfide) groups is 1. The van der Waals surface area contributed by atoms with Gasteiger partial charge in [-0.05, 0) is 28.8 Å². The van der Waals surface area contributed by atoms with Gasteiger partial charge in [-0.1, -0.05) is 35.9 Å². The van der Waals surface area contributed by atoms with E-state index in [0.29, 0.717) is 5.15 Å². The molecule has 0 aliphatic rings. The molecule has 1 heterocycles. The number of aliphatic hydroxyl groups is 1. The molecule has 94 valence electrons. The second-order valence-electron chi connectivity index (χ2n) is 3.95. The van der Waals surface area contributed by atoms with Gasteiger partial charge in [-0.2, -0.15) is 11.8 Å². The zero-order valence-corrected chi connectivity index (χ0v) is 11.4. The fraction of sp³-hybridized carbons (Fsp3) is 0.214. The molecule has 0 unspecified atom stereocenters. The molecule has 2 rings (SSSR count). The van der Waals surface area contributed by atoms with Gasteiger partial charge in [-0.3, -0.25) is 0 Å². The maximum absolute atomic E-state index is 8.96. The molecular formula is C14H14ClNOS. The Kier molecular flexibility index (Phi) is 5.05. The monoisotopic (exact) mass is 279 g/mol. The molecule has 4 heteroatoms.